The number of sulfonamides is 2. The maximum absolute atomic E-state index is 14.2. The van der Waals surface area contributed by atoms with Crippen molar-refractivity contribution < 1.29 is 40.2 Å². The van der Waals surface area contributed by atoms with Crippen molar-refractivity contribution in [1.82, 2.24) is 4.31 Å². The van der Waals surface area contributed by atoms with Crippen LogP contribution >= 0.6 is 0 Å². The van der Waals surface area contributed by atoms with E-state index in [1.807, 2.05) is 0 Å². The SMILES string of the molecule is COc1ccc(S(=O)(=O)N2CCCC2)cc1NC(=O)CN(c1cccc(F)c1)S(=O)(=O)c1ccc2c(c1)OCCO2. The van der Waals surface area contributed by atoms with Crippen LogP contribution in [0.25, 0.3) is 0 Å². The Morgan fingerprint density at radius 2 is 1.66 bits per heavy atom. The topological polar surface area (TPSA) is 132 Å². The van der Waals surface area contributed by atoms with E-state index in [2.05, 4.69) is 5.32 Å². The highest BCUT2D eigenvalue weighted by Crippen LogP contribution is 2.35. The minimum atomic E-state index is -4.41. The molecule has 0 radical (unpaired) electrons. The van der Waals surface area contributed by atoms with E-state index in [1.165, 1.54) is 59.9 Å². The van der Waals surface area contributed by atoms with Crippen molar-refractivity contribution in [2.75, 3.05) is 49.6 Å². The molecule has 41 heavy (non-hydrogen) atoms. The van der Waals surface area contributed by atoms with Crippen LogP contribution in [0.3, 0.4) is 0 Å². The monoisotopic (exact) mass is 605 g/mol. The normalized spacial score (nSPS) is 15.4. The zero-order valence-electron chi connectivity index (χ0n) is 22.1. The van der Waals surface area contributed by atoms with Crippen molar-refractivity contribution in [2.24, 2.45) is 0 Å². The fraction of sp³-hybridized carbons (Fsp3) is 0.296. The summed E-state index contributed by atoms with van der Waals surface area (Å²) >= 11 is 0. The Labute approximate surface area is 237 Å². The van der Waals surface area contributed by atoms with E-state index >= 15 is 0 Å². The molecule has 2 aliphatic heterocycles. The molecule has 0 atom stereocenters. The highest BCUT2D eigenvalue weighted by Gasteiger charge is 2.31. The van der Waals surface area contributed by atoms with E-state index in [0.717, 1.165) is 29.3 Å². The number of nitrogens with one attached hydrogen (secondary N) is 1. The Kier molecular flexibility index (Phi) is 8.07. The quantitative estimate of drug-likeness (QED) is 0.394. The van der Waals surface area contributed by atoms with Gasteiger partial charge in [0.05, 0.1) is 28.3 Å². The van der Waals surface area contributed by atoms with Crippen molar-refractivity contribution >= 4 is 37.3 Å². The molecule has 1 fully saturated rings. The van der Waals surface area contributed by atoms with Crippen LogP contribution in [0.2, 0.25) is 0 Å². The van der Waals surface area contributed by atoms with Crippen molar-refractivity contribution in [2.45, 2.75) is 22.6 Å². The number of nitrogens with zero attached hydrogens (tertiary/aromatic N) is 2. The van der Waals surface area contributed by atoms with Gasteiger partial charge in [0.25, 0.3) is 10.0 Å². The van der Waals surface area contributed by atoms with Crippen LogP contribution < -0.4 is 23.8 Å². The number of carbonyl (C=O) groups excluding carboxylic acids is 1. The van der Waals surface area contributed by atoms with Crippen molar-refractivity contribution in [3.8, 4) is 17.2 Å². The molecule has 5 rings (SSSR count). The molecule has 3 aromatic carbocycles. The number of ether oxygens (including phenoxy) is 3. The Balaban J connectivity index is 1.46. The number of hydrogen-bond donors (Lipinski definition) is 1. The number of methoxy groups -OCH3 is 1. The number of anilines is 2. The molecule has 3 aromatic rings. The second kappa shape index (κ2) is 11.5. The average molecular weight is 606 g/mol. The third kappa shape index (κ3) is 5.94. The third-order valence-corrected chi connectivity index (χ3v) is 10.3. The van der Waals surface area contributed by atoms with Gasteiger partial charge in [-0.2, -0.15) is 4.31 Å². The lowest BCUT2D eigenvalue weighted by molar-refractivity contribution is -0.114. The number of amides is 1. The lowest BCUT2D eigenvalue weighted by Gasteiger charge is -2.25. The molecule has 1 amide bonds. The molecular weight excluding hydrogens is 577 g/mol. The van der Waals surface area contributed by atoms with Gasteiger partial charge < -0.3 is 19.5 Å². The van der Waals surface area contributed by atoms with Gasteiger partial charge in [-0.3, -0.25) is 9.10 Å². The summed E-state index contributed by atoms with van der Waals surface area (Å²) in [7, 11) is -6.86. The maximum Gasteiger partial charge on any atom is 0.264 e. The number of rotatable bonds is 9. The van der Waals surface area contributed by atoms with E-state index in [0.29, 0.717) is 25.4 Å². The highest BCUT2D eigenvalue weighted by atomic mass is 32.2. The van der Waals surface area contributed by atoms with Crippen LogP contribution in [0.1, 0.15) is 12.8 Å². The first-order valence-electron chi connectivity index (χ1n) is 12.8. The zero-order chi connectivity index (χ0) is 29.2. The summed E-state index contributed by atoms with van der Waals surface area (Å²) in [5.41, 5.74) is -0.0546. The van der Waals surface area contributed by atoms with Crippen LogP contribution in [0, 0.1) is 5.82 Å². The molecule has 0 spiro atoms. The molecule has 0 aliphatic carbocycles. The fourth-order valence-electron chi connectivity index (χ4n) is 4.60. The average Bonchev–Trinajstić information content (AvgIpc) is 3.52. The van der Waals surface area contributed by atoms with Gasteiger partial charge in [-0.1, -0.05) is 6.07 Å². The summed E-state index contributed by atoms with van der Waals surface area (Å²) in [4.78, 5) is 13.1. The lowest BCUT2D eigenvalue weighted by atomic mass is 10.3. The standard InChI is InChI=1S/C27H28FN3O8S2/c1-37-24-9-7-21(40(33,34)30-11-2-3-12-30)16-23(24)29-27(32)18-31(20-6-4-5-19(28)15-20)41(35,36)22-8-10-25-26(17-22)39-14-13-38-25/h4-10,15-17H,2-3,11-14,18H2,1H3,(H,29,32). The van der Waals surface area contributed by atoms with E-state index in [-0.39, 0.29) is 39.3 Å². The zero-order valence-corrected chi connectivity index (χ0v) is 23.7. The Bertz CT molecular complexity index is 1680. The molecule has 0 aromatic heterocycles. The molecule has 1 saturated heterocycles. The Morgan fingerprint density at radius 3 is 2.37 bits per heavy atom. The third-order valence-electron chi connectivity index (χ3n) is 6.63. The summed E-state index contributed by atoms with van der Waals surface area (Å²) < 4.78 is 86.3. The summed E-state index contributed by atoms with van der Waals surface area (Å²) in [6, 6.07) is 12.9. The Morgan fingerprint density at radius 1 is 0.951 bits per heavy atom. The van der Waals surface area contributed by atoms with Crippen LogP contribution in [-0.4, -0.2) is 67.0 Å². The number of carbonyl (C=O) groups is 1. The van der Waals surface area contributed by atoms with Gasteiger partial charge in [0.2, 0.25) is 15.9 Å². The van der Waals surface area contributed by atoms with Gasteiger partial charge in [-0.05, 0) is 61.4 Å². The number of halogens is 1. The van der Waals surface area contributed by atoms with E-state index in [4.69, 9.17) is 14.2 Å². The molecule has 1 N–H and O–H groups in total. The van der Waals surface area contributed by atoms with Gasteiger partial charge in [0.1, 0.15) is 31.3 Å². The molecule has 2 aliphatic rings. The molecular formula is C27H28FN3O8S2. The van der Waals surface area contributed by atoms with Gasteiger partial charge in [-0.15, -0.1) is 0 Å². The van der Waals surface area contributed by atoms with E-state index < -0.39 is 38.3 Å². The van der Waals surface area contributed by atoms with Crippen LogP contribution in [0.15, 0.2) is 70.5 Å². The summed E-state index contributed by atoms with van der Waals surface area (Å²) in [6.07, 6.45) is 1.51. The minimum absolute atomic E-state index is 0.0358. The van der Waals surface area contributed by atoms with Gasteiger partial charge in [-0.25, -0.2) is 21.2 Å². The summed E-state index contributed by atoms with van der Waals surface area (Å²) in [5.74, 6) is -0.746. The molecule has 2 heterocycles. The fourth-order valence-corrected chi connectivity index (χ4v) is 7.57. The minimum Gasteiger partial charge on any atom is -0.495 e. The molecule has 11 nitrogen and oxygen atoms in total. The first-order chi connectivity index (χ1) is 19.6. The smallest absolute Gasteiger partial charge is 0.264 e. The number of benzene rings is 3. The second-order valence-electron chi connectivity index (χ2n) is 9.32. The molecule has 0 saturated carbocycles. The van der Waals surface area contributed by atoms with Crippen LogP contribution in [0.5, 0.6) is 17.2 Å². The number of hydrogen-bond acceptors (Lipinski definition) is 8. The number of fused-ring (bicyclic) bond motifs is 1. The van der Waals surface area contributed by atoms with Crippen LogP contribution in [-0.2, 0) is 24.8 Å². The predicted molar refractivity (Wildman–Crippen MR) is 148 cm³/mol. The van der Waals surface area contributed by atoms with E-state index in [1.54, 1.807) is 0 Å². The molecule has 218 valence electrons. The first-order valence-corrected chi connectivity index (χ1v) is 15.6. The summed E-state index contributed by atoms with van der Waals surface area (Å²) in [6.45, 7) is 0.596. The van der Waals surface area contributed by atoms with Gasteiger partial charge >= 0.3 is 0 Å². The first kappa shape index (κ1) is 28.6. The second-order valence-corrected chi connectivity index (χ2v) is 13.1. The Hall–Kier alpha value is -3.88. The largest absolute Gasteiger partial charge is 0.495 e. The lowest BCUT2D eigenvalue weighted by Crippen LogP contribution is -2.38. The molecule has 0 unspecified atom stereocenters. The van der Waals surface area contributed by atoms with Gasteiger partial charge in [0, 0.05) is 19.2 Å². The van der Waals surface area contributed by atoms with Gasteiger partial charge in [0.15, 0.2) is 11.5 Å². The van der Waals surface area contributed by atoms with Crippen molar-refractivity contribution in [1.29, 1.82) is 0 Å². The van der Waals surface area contributed by atoms with Crippen LogP contribution in [0.4, 0.5) is 15.8 Å². The highest BCUT2D eigenvalue weighted by molar-refractivity contribution is 7.92. The summed E-state index contributed by atoms with van der Waals surface area (Å²) in [5, 5.41) is 2.56. The maximum atomic E-state index is 14.2. The van der Waals surface area contributed by atoms with Crippen molar-refractivity contribution in [3.05, 3.63) is 66.5 Å². The van der Waals surface area contributed by atoms with Crippen molar-refractivity contribution in [3.63, 3.8) is 0 Å². The molecule has 14 heteroatoms. The molecule has 0 bridgehead atoms. The van der Waals surface area contributed by atoms with E-state index in [9.17, 15) is 26.0 Å². The predicted octanol–water partition coefficient (Wildman–Crippen LogP) is 3.22.